The summed E-state index contributed by atoms with van der Waals surface area (Å²) in [5.41, 5.74) is 7.70. The van der Waals surface area contributed by atoms with Gasteiger partial charge in [-0.2, -0.15) is 5.10 Å². The van der Waals surface area contributed by atoms with Crippen molar-refractivity contribution in [2.24, 2.45) is 5.73 Å². The maximum atomic E-state index is 5.92. The highest BCUT2D eigenvalue weighted by molar-refractivity contribution is 7.98. The van der Waals surface area contributed by atoms with Crippen LogP contribution in [0.5, 0.6) is 0 Å². The van der Waals surface area contributed by atoms with Gasteiger partial charge in [-0.05, 0) is 18.4 Å². The largest absolute Gasteiger partial charge is 0.389 e. The summed E-state index contributed by atoms with van der Waals surface area (Å²) in [7, 11) is 0. The fourth-order valence-electron chi connectivity index (χ4n) is 2.08. The highest BCUT2D eigenvalue weighted by Gasteiger charge is 2.16. The molecule has 0 amide bonds. The van der Waals surface area contributed by atoms with Crippen LogP contribution in [0, 0.1) is 0 Å². The van der Waals surface area contributed by atoms with Crippen LogP contribution in [0.2, 0.25) is 0 Å². The number of thioether (sulfide) groups is 1. The first-order chi connectivity index (χ1) is 9.62. The zero-order valence-corrected chi connectivity index (χ0v) is 13.5. The quantitative estimate of drug-likeness (QED) is 0.680. The Hall–Kier alpha value is -1.40. The van der Waals surface area contributed by atoms with Crippen LogP contribution in [0.25, 0.3) is 5.69 Å². The van der Waals surface area contributed by atoms with Crippen molar-refractivity contribution in [1.82, 2.24) is 14.8 Å². The Labute approximate surface area is 128 Å². The van der Waals surface area contributed by atoms with Gasteiger partial charge in [0.1, 0.15) is 10.8 Å². The van der Waals surface area contributed by atoms with Crippen LogP contribution in [0.15, 0.2) is 23.1 Å². The van der Waals surface area contributed by atoms with E-state index in [1.54, 1.807) is 11.8 Å². The number of thiocarbonyl (C=S) groups is 1. The van der Waals surface area contributed by atoms with Crippen molar-refractivity contribution < 1.29 is 0 Å². The number of nitrogens with two attached hydrogens (primary N) is 1. The lowest BCUT2D eigenvalue weighted by atomic mass is 10.1. The molecule has 0 spiro atoms. The van der Waals surface area contributed by atoms with E-state index in [4.69, 9.17) is 18.0 Å². The van der Waals surface area contributed by atoms with Crippen molar-refractivity contribution in [3.63, 3.8) is 0 Å². The van der Waals surface area contributed by atoms with E-state index in [1.807, 2.05) is 36.1 Å². The van der Waals surface area contributed by atoms with Crippen LogP contribution in [-0.4, -0.2) is 26.0 Å². The molecule has 2 rings (SSSR count). The zero-order chi connectivity index (χ0) is 14.7. The molecule has 1 heterocycles. The lowest BCUT2D eigenvalue weighted by Gasteiger charge is -2.13. The van der Waals surface area contributed by atoms with E-state index < -0.39 is 0 Å². The van der Waals surface area contributed by atoms with Crippen LogP contribution in [0.1, 0.15) is 31.1 Å². The first-order valence-electron chi connectivity index (χ1n) is 6.54. The Morgan fingerprint density at radius 1 is 1.35 bits per heavy atom. The lowest BCUT2D eigenvalue weighted by Crippen LogP contribution is -2.16. The highest BCUT2D eigenvalue weighted by Crippen LogP contribution is 2.26. The van der Waals surface area contributed by atoms with E-state index >= 15 is 0 Å². The molecule has 4 nitrogen and oxygen atoms in total. The van der Waals surface area contributed by atoms with Crippen molar-refractivity contribution in [2.75, 3.05) is 6.26 Å². The molecule has 0 aliphatic heterocycles. The maximum Gasteiger partial charge on any atom is 0.151 e. The molecule has 106 valence electrons. The predicted octanol–water partition coefficient (Wildman–Crippen LogP) is 2.75. The van der Waals surface area contributed by atoms with Crippen LogP contribution < -0.4 is 5.73 Å². The van der Waals surface area contributed by atoms with Gasteiger partial charge in [0.25, 0.3) is 0 Å². The third kappa shape index (κ3) is 2.71. The second-order valence-electron chi connectivity index (χ2n) is 4.28. The average Bonchev–Trinajstić information content (AvgIpc) is 2.89. The topological polar surface area (TPSA) is 56.7 Å². The van der Waals surface area contributed by atoms with Gasteiger partial charge in [0.05, 0.1) is 5.69 Å². The van der Waals surface area contributed by atoms with E-state index in [2.05, 4.69) is 17.0 Å². The molecular weight excluding hydrogens is 288 g/mol. The summed E-state index contributed by atoms with van der Waals surface area (Å²) in [6.45, 7) is 4.12. The number of hydrogen-bond donors (Lipinski definition) is 1. The predicted molar refractivity (Wildman–Crippen MR) is 87.8 cm³/mol. The van der Waals surface area contributed by atoms with Gasteiger partial charge in [0, 0.05) is 23.3 Å². The molecule has 0 saturated carbocycles. The van der Waals surface area contributed by atoms with Gasteiger partial charge in [-0.25, -0.2) is 9.67 Å². The second kappa shape index (κ2) is 6.37. The minimum absolute atomic E-state index is 0.389. The normalized spacial score (nSPS) is 10.8. The Kier molecular flexibility index (Phi) is 4.77. The van der Waals surface area contributed by atoms with Crippen molar-refractivity contribution in [1.29, 1.82) is 0 Å². The first-order valence-corrected chi connectivity index (χ1v) is 8.17. The van der Waals surface area contributed by atoms with Gasteiger partial charge in [0.15, 0.2) is 5.82 Å². The molecule has 0 saturated heterocycles. The van der Waals surface area contributed by atoms with E-state index in [-0.39, 0.29) is 0 Å². The SMILES string of the molecule is CCc1nc(CC)n(-c2cccc(SC)c2C(N)=S)n1. The summed E-state index contributed by atoms with van der Waals surface area (Å²) in [4.78, 5) is 5.99. The number of rotatable bonds is 5. The van der Waals surface area contributed by atoms with Gasteiger partial charge < -0.3 is 5.73 Å². The van der Waals surface area contributed by atoms with Crippen LogP contribution >= 0.6 is 24.0 Å². The molecule has 0 unspecified atom stereocenters. The molecule has 0 aliphatic rings. The molecule has 1 aromatic heterocycles. The highest BCUT2D eigenvalue weighted by atomic mass is 32.2. The van der Waals surface area contributed by atoms with Crippen molar-refractivity contribution >= 4 is 29.0 Å². The zero-order valence-electron chi connectivity index (χ0n) is 11.9. The van der Waals surface area contributed by atoms with Crippen LogP contribution in [0.4, 0.5) is 0 Å². The van der Waals surface area contributed by atoms with E-state index in [0.29, 0.717) is 4.99 Å². The molecule has 0 fully saturated rings. The molecule has 0 radical (unpaired) electrons. The molecule has 0 atom stereocenters. The molecule has 2 aromatic rings. The summed E-state index contributed by atoms with van der Waals surface area (Å²) in [5, 5.41) is 4.57. The third-order valence-corrected chi connectivity index (χ3v) is 4.03. The van der Waals surface area contributed by atoms with Crippen molar-refractivity contribution in [3.8, 4) is 5.69 Å². The standard InChI is InChI=1S/C14H18N4S2/c1-4-11-16-12(5-2)18(17-11)9-7-6-8-10(20-3)13(9)14(15)19/h6-8H,4-5H2,1-3H3,(H2,15,19). The molecule has 1 aromatic carbocycles. The summed E-state index contributed by atoms with van der Waals surface area (Å²) in [6, 6.07) is 6.00. The second-order valence-corrected chi connectivity index (χ2v) is 5.57. The molecule has 20 heavy (non-hydrogen) atoms. The molecule has 6 heteroatoms. The van der Waals surface area contributed by atoms with Gasteiger partial charge in [-0.1, -0.05) is 32.1 Å². The number of hydrogen-bond acceptors (Lipinski definition) is 4. The minimum atomic E-state index is 0.389. The lowest BCUT2D eigenvalue weighted by molar-refractivity contribution is 0.787. The average molecular weight is 306 g/mol. The minimum Gasteiger partial charge on any atom is -0.389 e. The Morgan fingerprint density at radius 2 is 2.10 bits per heavy atom. The molecule has 0 aliphatic carbocycles. The van der Waals surface area contributed by atoms with Gasteiger partial charge >= 0.3 is 0 Å². The molecule has 0 bridgehead atoms. The van der Waals surface area contributed by atoms with E-state index in [1.165, 1.54) is 0 Å². The van der Waals surface area contributed by atoms with Crippen molar-refractivity contribution in [2.45, 2.75) is 31.6 Å². The summed E-state index contributed by atoms with van der Waals surface area (Å²) in [6.07, 6.45) is 3.64. The van der Waals surface area contributed by atoms with Gasteiger partial charge in [0.2, 0.25) is 0 Å². The van der Waals surface area contributed by atoms with Crippen LogP contribution in [-0.2, 0) is 12.8 Å². The van der Waals surface area contributed by atoms with Gasteiger partial charge in [-0.15, -0.1) is 11.8 Å². The van der Waals surface area contributed by atoms with E-state index in [9.17, 15) is 0 Å². The Bertz CT molecular complexity index is 634. The number of aryl methyl sites for hydroxylation is 2. The third-order valence-electron chi connectivity index (χ3n) is 3.05. The number of aromatic nitrogens is 3. The number of nitrogens with zero attached hydrogens (tertiary/aromatic N) is 3. The maximum absolute atomic E-state index is 5.92. The summed E-state index contributed by atoms with van der Waals surface area (Å²) in [5.74, 6) is 1.77. The Morgan fingerprint density at radius 3 is 2.65 bits per heavy atom. The summed E-state index contributed by atoms with van der Waals surface area (Å²) >= 11 is 6.85. The fourth-order valence-corrected chi connectivity index (χ4v) is 2.99. The molecular formula is C14H18N4S2. The van der Waals surface area contributed by atoms with E-state index in [0.717, 1.165) is 40.6 Å². The van der Waals surface area contributed by atoms with Crippen LogP contribution in [0.3, 0.4) is 0 Å². The fraction of sp³-hybridized carbons (Fsp3) is 0.357. The smallest absolute Gasteiger partial charge is 0.151 e. The first kappa shape index (κ1) is 15.0. The monoisotopic (exact) mass is 306 g/mol. The Balaban J connectivity index is 2.69. The van der Waals surface area contributed by atoms with Crippen molar-refractivity contribution in [3.05, 3.63) is 35.4 Å². The molecule has 2 N–H and O–H groups in total. The summed E-state index contributed by atoms with van der Waals surface area (Å²) < 4.78 is 1.87. The van der Waals surface area contributed by atoms with Gasteiger partial charge in [-0.3, -0.25) is 0 Å². The number of benzene rings is 1.